The Hall–Kier alpha value is -3.32. The molecule has 0 radical (unpaired) electrons. The zero-order valence-corrected chi connectivity index (χ0v) is 14.4. The van der Waals surface area contributed by atoms with Gasteiger partial charge in [-0.25, -0.2) is 9.97 Å². The number of nitrogens with one attached hydrogen (secondary N) is 1. The van der Waals surface area contributed by atoms with Crippen molar-refractivity contribution in [2.45, 2.75) is 13.1 Å². The third-order valence-corrected chi connectivity index (χ3v) is 4.08. The molecule has 0 aliphatic heterocycles. The molecule has 0 saturated heterocycles. The van der Waals surface area contributed by atoms with Gasteiger partial charge in [0, 0.05) is 68.4 Å². The molecule has 4 aromatic heterocycles. The van der Waals surface area contributed by atoms with Gasteiger partial charge in [-0.2, -0.15) is 5.10 Å². The monoisotopic (exact) mass is 345 g/mol. The SMILES string of the molecule is Cn1cc(CNCc2ccc(-n3ccnc3)nc2)c(-c2ccncc2)n1. The molecule has 0 aromatic carbocycles. The van der Waals surface area contributed by atoms with E-state index in [4.69, 9.17) is 0 Å². The van der Waals surface area contributed by atoms with Gasteiger partial charge in [-0.3, -0.25) is 14.2 Å². The number of pyridine rings is 2. The van der Waals surface area contributed by atoms with Crippen molar-refractivity contribution in [3.8, 4) is 17.1 Å². The highest BCUT2D eigenvalue weighted by atomic mass is 15.3. The topological polar surface area (TPSA) is 73.5 Å². The Bertz CT molecular complexity index is 957. The van der Waals surface area contributed by atoms with Gasteiger partial charge in [-0.05, 0) is 23.8 Å². The minimum Gasteiger partial charge on any atom is -0.308 e. The molecule has 0 aliphatic carbocycles. The number of nitrogens with zero attached hydrogens (tertiary/aromatic N) is 6. The number of hydrogen-bond donors (Lipinski definition) is 1. The summed E-state index contributed by atoms with van der Waals surface area (Å²) >= 11 is 0. The molecule has 1 N–H and O–H groups in total. The molecular weight excluding hydrogens is 326 g/mol. The molecule has 0 unspecified atom stereocenters. The lowest BCUT2D eigenvalue weighted by Crippen LogP contribution is -2.13. The molecule has 0 aliphatic rings. The van der Waals surface area contributed by atoms with E-state index in [0.29, 0.717) is 0 Å². The van der Waals surface area contributed by atoms with Gasteiger partial charge in [0.25, 0.3) is 0 Å². The first-order valence-electron chi connectivity index (χ1n) is 8.36. The molecule has 7 nitrogen and oxygen atoms in total. The van der Waals surface area contributed by atoms with E-state index in [2.05, 4.69) is 31.4 Å². The van der Waals surface area contributed by atoms with Gasteiger partial charge in [-0.15, -0.1) is 0 Å². The Morgan fingerprint density at radius 1 is 1.00 bits per heavy atom. The van der Waals surface area contributed by atoms with E-state index in [0.717, 1.165) is 41.3 Å². The fourth-order valence-electron chi connectivity index (χ4n) is 2.83. The minimum absolute atomic E-state index is 0.731. The second kappa shape index (κ2) is 7.28. The third-order valence-electron chi connectivity index (χ3n) is 4.08. The second-order valence-electron chi connectivity index (χ2n) is 6.01. The van der Waals surface area contributed by atoms with Crippen LogP contribution in [0.5, 0.6) is 0 Å². The predicted molar refractivity (Wildman–Crippen MR) is 98.3 cm³/mol. The van der Waals surface area contributed by atoms with Gasteiger partial charge in [0.15, 0.2) is 0 Å². The lowest BCUT2D eigenvalue weighted by molar-refractivity contribution is 0.690. The van der Waals surface area contributed by atoms with Crippen LogP contribution in [0.25, 0.3) is 17.1 Å². The van der Waals surface area contributed by atoms with E-state index >= 15 is 0 Å². The van der Waals surface area contributed by atoms with Crippen LogP contribution < -0.4 is 5.32 Å². The van der Waals surface area contributed by atoms with Gasteiger partial charge >= 0.3 is 0 Å². The van der Waals surface area contributed by atoms with Crippen LogP contribution in [0, 0.1) is 0 Å². The highest BCUT2D eigenvalue weighted by Gasteiger charge is 2.09. The van der Waals surface area contributed by atoms with Gasteiger partial charge in [0.1, 0.15) is 12.1 Å². The molecule has 4 rings (SSSR count). The van der Waals surface area contributed by atoms with E-state index in [9.17, 15) is 0 Å². The number of imidazole rings is 1. The largest absolute Gasteiger partial charge is 0.308 e. The average molecular weight is 345 g/mol. The quantitative estimate of drug-likeness (QED) is 0.581. The standard InChI is InChI=1S/C19H19N7/c1-25-13-17(19(24-25)16-4-6-20-7-5-16)12-22-10-15-2-3-18(23-11-15)26-9-8-21-14-26/h2-9,11,13-14,22H,10,12H2,1H3. The number of aryl methyl sites for hydroxylation is 1. The molecular formula is C19H19N7. The Labute approximate surface area is 151 Å². The molecule has 0 fully saturated rings. The van der Waals surface area contributed by atoms with Crippen molar-refractivity contribution in [2.24, 2.45) is 7.05 Å². The van der Waals surface area contributed by atoms with Crippen LogP contribution in [-0.2, 0) is 20.1 Å². The minimum atomic E-state index is 0.731. The van der Waals surface area contributed by atoms with E-state index in [1.807, 2.05) is 53.1 Å². The molecule has 0 saturated carbocycles. The summed E-state index contributed by atoms with van der Waals surface area (Å²) < 4.78 is 3.72. The van der Waals surface area contributed by atoms with Crippen LogP contribution in [0.1, 0.15) is 11.1 Å². The van der Waals surface area contributed by atoms with Crippen LogP contribution >= 0.6 is 0 Å². The first-order chi connectivity index (χ1) is 12.8. The molecule has 0 amide bonds. The van der Waals surface area contributed by atoms with E-state index in [1.54, 1.807) is 24.9 Å². The van der Waals surface area contributed by atoms with Gasteiger partial charge in [0.05, 0.1) is 5.69 Å². The van der Waals surface area contributed by atoms with Gasteiger partial charge < -0.3 is 5.32 Å². The zero-order chi connectivity index (χ0) is 17.8. The van der Waals surface area contributed by atoms with Crippen molar-refractivity contribution >= 4 is 0 Å². The van der Waals surface area contributed by atoms with Crippen LogP contribution in [0.4, 0.5) is 0 Å². The highest BCUT2D eigenvalue weighted by Crippen LogP contribution is 2.21. The first kappa shape index (κ1) is 16.2. The summed E-state index contributed by atoms with van der Waals surface area (Å²) in [4.78, 5) is 12.6. The lowest BCUT2D eigenvalue weighted by Gasteiger charge is -2.06. The van der Waals surface area contributed by atoms with Crippen molar-refractivity contribution in [2.75, 3.05) is 0 Å². The molecule has 0 atom stereocenters. The van der Waals surface area contributed by atoms with Crippen molar-refractivity contribution in [3.05, 3.63) is 78.9 Å². The smallest absolute Gasteiger partial charge is 0.137 e. The maximum Gasteiger partial charge on any atom is 0.137 e. The van der Waals surface area contributed by atoms with E-state index < -0.39 is 0 Å². The van der Waals surface area contributed by atoms with Crippen LogP contribution in [0.15, 0.2) is 67.8 Å². The molecule has 4 heterocycles. The Morgan fingerprint density at radius 2 is 1.88 bits per heavy atom. The lowest BCUT2D eigenvalue weighted by atomic mass is 10.1. The highest BCUT2D eigenvalue weighted by molar-refractivity contribution is 5.61. The predicted octanol–water partition coefficient (Wildman–Crippen LogP) is 2.35. The summed E-state index contributed by atoms with van der Waals surface area (Å²) in [6, 6.07) is 8.02. The fourth-order valence-corrected chi connectivity index (χ4v) is 2.83. The van der Waals surface area contributed by atoms with Gasteiger partial charge in [-0.1, -0.05) is 6.07 Å². The maximum atomic E-state index is 4.57. The van der Waals surface area contributed by atoms with Crippen molar-refractivity contribution in [1.82, 2.24) is 34.6 Å². The molecule has 4 aromatic rings. The summed E-state index contributed by atoms with van der Waals surface area (Å²) in [7, 11) is 1.94. The second-order valence-corrected chi connectivity index (χ2v) is 6.01. The van der Waals surface area contributed by atoms with Crippen molar-refractivity contribution in [1.29, 1.82) is 0 Å². The molecule has 0 spiro atoms. The molecule has 26 heavy (non-hydrogen) atoms. The summed E-state index contributed by atoms with van der Waals surface area (Å²) in [5, 5.41) is 8.04. The summed E-state index contributed by atoms with van der Waals surface area (Å²) in [6.07, 6.45) is 12.9. The maximum absolute atomic E-state index is 4.57. The number of aromatic nitrogens is 6. The Kier molecular flexibility index (Phi) is 4.53. The van der Waals surface area contributed by atoms with Crippen molar-refractivity contribution in [3.63, 3.8) is 0 Å². The average Bonchev–Trinajstić information content (AvgIpc) is 3.33. The molecule has 0 bridgehead atoms. The molecule has 130 valence electrons. The van der Waals surface area contributed by atoms with E-state index in [-0.39, 0.29) is 0 Å². The first-order valence-corrected chi connectivity index (χ1v) is 8.36. The zero-order valence-electron chi connectivity index (χ0n) is 14.4. The summed E-state index contributed by atoms with van der Waals surface area (Å²) in [5.41, 5.74) is 4.34. The van der Waals surface area contributed by atoms with Gasteiger partial charge in [0.2, 0.25) is 0 Å². The van der Waals surface area contributed by atoms with Crippen molar-refractivity contribution < 1.29 is 0 Å². The summed E-state index contributed by atoms with van der Waals surface area (Å²) in [5.74, 6) is 0.860. The fraction of sp³-hybridized carbons (Fsp3) is 0.158. The van der Waals surface area contributed by atoms with Crippen LogP contribution in [0.3, 0.4) is 0 Å². The Morgan fingerprint density at radius 3 is 2.62 bits per heavy atom. The van der Waals surface area contributed by atoms with Crippen LogP contribution in [-0.4, -0.2) is 29.3 Å². The van der Waals surface area contributed by atoms with Crippen LogP contribution in [0.2, 0.25) is 0 Å². The number of rotatable bonds is 6. The van der Waals surface area contributed by atoms with E-state index in [1.165, 1.54) is 0 Å². The normalized spacial score (nSPS) is 11.0. The summed E-state index contributed by atoms with van der Waals surface area (Å²) in [6.45, 7) is 1.47. The third kappa shape index (κ3) is 3.52. The Balaban J connectivity index is 1.41. The number of hydrogen-bond acceptors (Lipinski definition) is 5. The molecule has 7 heteroatoms.